The van der Waals surface area contributed by atoms with Crippen molar-refractivity contribution in [2.75, 3.05) is 25.0 Å². The van der Waals surface area contributed by atoms with E-state index in [1.54, 1.807) is 0 Å². The third-order valence-corrected chi connectivity index (χ3v) is 4.54. The second kappa shape index (κ2) is 5.17. The Bertz CT molecular complexity index is 502. The number of anilines is 1. The van der Waals surface area contributed by atoms with Gasteiger partial charge in [-0.05, 0) is 13.3 Å². The van der Waals surface area contributed by atoms with Gasteiger partial charge in [-0.1, -0.05) is 0 Å². The molecule has 2 N–H and O–H groups in total. The molecule has 0 aliphatic carbocycles. The molecule has 1 unspecified atom stereocenters. The lowest BCUT2D eigenvalue weighted by Crippen LogP contribution is -2.30. The van der Waals surface area contributed by atoms with E-state index < -0.39 is 16.1 Å². The number of aromatic nitrogens is 2. The summed E-state index contributed by atoms with van der Waals surface area (Å²) in [5.74, 6) is 0.401. The van der Waals surface area contributed by atoms with E-state index >= 15 is 0 Å². The summed E-state index contributed by atoms with van der Waals surface area (Å²) in [6.45, 7) is 3.04. The Morgan fingerprint density at radius 1 is 1.50 bits per heavy atom. The maximum atomic E-state index is 12.2. The van der Waals surface area contributed by atoms with E-state index in [4.69, 9.17) is 0 Å². The van der Waals surface area contributed by atoms with Crippen LogP contribution in [0.4, 0.5) is 5.95 Å². The van der Waals surface area contributed by atoms with E-state index in [0.29, 0.717) is 25.5 Å². The minimum Gasteiger partial charge on any atom is -0.392 e. The van der Waals surface area contributed by atoms with Gasteiger partial charge in [0, 0.05) is 19.6 Å². The number of β-amino-alcohol motifs (C(OH)–C–C–N with tert-alkyl or cyclic N) is 1. The van der Waals surface area contributed by atoms with Gasteiger partial charge in [0.2, 0.25) is 16.0 Å². The van der Waals surface area contributed by atoms with Crippen LogP contribution >= 0.6 is 0 Å². The van der Waals surface area contributed by atoms with Crippen molar-refractivity contribution in [3.05, 3.63) is 12.4 Å². The van der Waals surface area contributed by atoms with Crippen LogP contribution in [0.5, 0.6) is 0 Å². The third kappa shape index (κ3) is 2.60. The largest absolute Gasteiger partial charge is 0.392 e. The fourth-order valence-corrected chi connectivity index (χ4v) is 3.16. The van der Waals surface area contributed by atoms with Gasteiger partial charge in [-0.25, -0.2) is 18.4 Å². The van der Waals surface area contributed by atoms with E-state index in [0.717, 1.165) is 0 Å². The molecule has 8 heteroatoms. The van der Waals surface area contributed by atoms with Crippen LogP contribution in [0.1, 0.15) is 13.3 Å². The first-order valence-electron chi connectivity index (χ1n) is 5.78. The Morgan fingerprint density at radius 3 is 2.67 bits per heavy atom. The van der Waals surface area contributed by atoms with Crippen molar-refractivity contribution in [3.8, 4) is 0 Å². The van der Waals surface area contributed by atoms with Crippen molar-refractivity contribution < 1.29 is 13.5 Å². The third-order valence-electron chi connectivity index (χ3n) is 2.73. The molecule has 2 heterocycles. The molecule has 0 spiro atoms. The molecule has 1 aliphatic rings. The van der Waals surface area contributed by atoms with Crippen LogP contribution in [0.2, 0.25) is 0 Å². The Morgan fingerprint density at radius 2 is 2.17 bits per heavy atom. The zero-order valence-electron chi connectivity index (χ0n) is 10.1. The highest BCUT2D eigenvalue weighted by atomic mass is 32.2. The molecular formula is C10H16N4O3S. The smallest absolute Gasteiger partial charge is 0.246 e. The molecule has 1 atom stereocenters. The van der Waals surface area contributed by atoms with Crippen molar-refractivity contribution in [2.45, 2.75) is 24.3 Å². The molecule has 0 aromatic carbocycles. The van der Waals surface area contributed by atoms with Crippen LogP contribution in [-0.2, 0) is 10.0 Å². The first kappa shape index (κ1) is 13.2. The Labute approximate surface area is 106 Å². The van der Waals surface area contributed by atoms with Gasteiger partial charge in [0.25, 0.3) is 0 Å². The van der Waals surface area contributed by atoms with E-state index in [1.165, 1.54) is 16.7 Å². The van der Waals surface area contributed by atoms with E-state index in [2.05, 4.69) is 15.3 Å². The molecule has 1 aliphatic heterocycles. The number of aliphatic hydroxyl groups is 1. The van der Waals surface area contributed by atoms with Crippen molar-refractivity contribution in [3.63, 3.8) is 0 Å². The number of hydrogen-bond acceptors (Lipinski definition) is 6. The molecule has 0 bridgehead atoms. The number of aliphatic hydroxyl groups excluding tert-OH is 1. The molecule has 1 fully saturated rings. The second-order valence-corrected chi connectivity index (χ2v) is 6.02. The number of rotatable bonds is 4. The van der Waals surface area contributed by atoms with Crippen LogP contribution in [0.25, 0.3) is 0 Å². The lowest BCUT2D eigenvalue weighted by molar-refractivity contribution is 0.189. The fourth-order valence-electron chi connectivity index (χ4n) is 1.78. The van der Waals surface area contributed by atoms with E-state index in [9.17, 15) is 13.5 Å². The summed E-state index contributed by atoms with van der Waals surface area (Å²) in [6, 6.07) is 0. The zero-order chi connectivity index (χ0) is 13.2. The fraction of sp³-hybridized carbons (Fsp3) is 0.600. The Kier molecular flexibility index (Phi) is 3.79. The van der Waals surface area contributed by atoms with Gasteiger partial charge in [0.15, 0.2) is 0 Å². The van der Waals surface area contributed by atoms with Crippen LogP contribution in [-0.4, -0.2) is 53.5 Å². The molecule has 0 amide bonds. The van der Waals surface area contributed by atoms with Crippen molar-refractivity contribution in [1.82, 2.24) is 14.3 Å². The second-order valence-electron chi connectivity index (χ2n) is 4.08. The number of sulfonamides is 1. The van der Waals surface area contributed by atoms with Gasteiger partial charge >= 0.3 is 0 Å². The SMILES string of the molecule is CCNc1ncc(S(=O)(=O)N2CCC(O)C2)cn1. The molecule has 2 rings (SSSR count). The first-order chi connectivity index (χ1) is 8.54. The molecule has 1 aromatic heterocycles. The minimum absolute atomic E-state index is 0.0539. The highest BCUT2D eigenvalue weighted by Gasteiger charge is 2.31. The topological polar surface area (TPSA) is 95.4 Å². The summed E-state index contributed by atoms with van der Waals surface area (Å²) < 4.78 is 25.6. The van der Waals surface area contributed by atoms with E-state index in [1.807, 2.05) is 6.92 Å². The van der Waals surface area contributed by atoms with Crippen LogP contribution in [0, 0.1) is 0 Å². The summed E-state index contributed by atoms with van der Waals surface area (Å²) in [5, 5.41) is 12.3. The molecular weight excluding hydrogens is 256 g/mol. The van der Waals surface area contributed by atoms with Gasteiger partial charge in [0.05, 0.1) is 18.5 Å². The van der Waals surface area contributed by atoms with Gasteiger partial charge in [0.1, 0.15) is 4.90 Å². The Balaban J connectivity index is 2.19. The Hall–Kier alpha value is -1.25. The maximum absolute atomic E-state index is 12.2. The van der Waals surface area contributed by atoms with Crippen LogP contribution in [0.15, 0.2) is 17.3 Å². The molecule has 18 heavy (non-hydrogen) atoms. The monoisotopic (exact) mass is 272 g/mol. The maximum Gasteiger partial charge on any atom is 0.246 e. The quantitative estimate of drug-likeness (QED) is 0.779. The lowest BCUT2D eigenvalue weighted by Gasteiger charge is -2.15. The first-order valence-corrected chi connectivity index (χ1v) is 7.22. The molecule has 1 aromatic rings. The van der Waals surface area contributed by atoms with Crippen molar-refractivity contribution >= 4 is 16.0 Å². The zero-order valence-corrected chi connectivity index (χ0v) is 10.9. The van der Waals surface area contributed by atoms with Gasteiger partial charge in [-0.15, -0.1) is 0 Å². The van der Waals surface area contributed by atoms with E-state index in [-0.39, 0.29) is 11.4 Å². The molecule has 7 nitrogen and oxygen atoms in total. The molecule has 0 saturated carbocycles. The molecule has 0 radical (unpaired) electrons. The minimum atomic E-state index is -3.58. The summed E-state index contributed by atoms with van der Waals surface area (Å²) in [4.78, 5) is 7.92. The average molecular weight is 272 g/mol. The predicted octanol–water partition coefficient (Wildman–Crippen LogP) is -0.336. The summed E-state index contributed by atoms with van der Waals surface area (Å²) in [6.07, 6.45) is 2.45. The summed E-state index contributed by atoms with van der Waals surface area (Å²) in [7, 11) is -3.58. The van der Waals surface area contributed by atoms with Crippen molar-refractivity contribution in [1.29, 1.82) is 0 Å². The van der Waals surface area contributed by atoms with Crippen molar-refractivity contribution in [2.24, 2.45) is 0 Å². The number of nitrogens with zero attached hydrogens (tertiary/aromatic N) is 3. The number of hydrogen-bond donors (Lipinski definition) is 2. The number of nitrogens with one attached hydrogen (secondary N) is 1. The lowest BCUT2D eigenvalue weighted by atomic mass is 10.3. The predicted molar refractivity (Wildman–Crippen MR) is 65.6 cm³/mol. The van der Waals surface area contributed by atoms with Crippen LogP contribution < -0.4 is 5.32 Å². The molecule has 1 saturated heterocycles. The highest BCUT2D eigenvalue weighted by Crippen LogP contribution is 2.20. The average Bonchev–Trinajstić information content (AvgIpc) is 2.78. The van der Waals surface area contributed by atoms with Gasteiger partial charge in [-0.2, -0.15) is 4.31 Å². The highest BCUT2D eigenvalue weighted by molar-refractivity contribution is 7.89. The normalized spacial score (nSPS) is 21.1. The molecule has 100 valence electrons. The summed E-state index contributed by atoms with van der Waals surface area (Å²) >= 11 is 0. The van der Waals surface area contributed by atoms with Gasteiger partial charge < -0.3 is 10.4 Å². The van der Waals surface area contributed by atoms with Gasteiger partial charge in [-0.3, -0.25) is 0 Å². The van der Waals surface area contributed by atoms with Crippen LogP contribution in [0.3, 0.4) is 0 Å². The summed E-state index contributed by atoms with van der Waals surface area (Å²) in [5.41, 5.74) is 0. The standard InChI is InChI=1S/C10H16N4O3S/c1-2-11-10-12-5-9(6-13-10)18(16,17)14-4-3-8(15)7-14/h5-6,8,15H,2-4,7H2,1H3,(H,11,12,13).